The Balaban J connectivity index is 2.26. The van der Waals surface area contributed by atoms with Crippen molar-refractivity contribution >= 4 is 11.6 Å². The molecule has 2 aromatic heterocycles. The molecule has 0 radical (unpaired) electrons. The van der Waals surface area contributed by atoms with Gasteiger partial charge in [-0.3, -0.25) is 9.59 Å². The molecule has 0 aliphatic heterocycles. The van der Waals surface area contributed by atoms with Crippen LogP contribution in [0.15, 0.2) is 27.6 Å². The predicted molar refractivity (Wildman–Crippen MR) is 70.3 cm³/mol. The summed E-state index contributed by atoms with van der Waals surface area (Å²) >= 11 is 0. The average molecular weight is 261 g/mol. The Morgan fingerprint density at radius 1 is 1.42 bits per heavy atom. The van der Waals surface area contributed by atoms with Gasteiger partial charge < -0.3 is 14.8 Å². The number of anilines is 1. The number of carbonyl (C=O) groups is 1. The number of hydrogen-bond donors (Lipinski definition) is 2. The lowest BCUT2D eigenvalue weighted by Crippen LogP contribution is -2.17. The third-order valence-corrected chi connectivity index (χ3v) is 2.61. The van der Waals surface area contributed by atoms with Gasteiger partial charge in [-0.15, -0.1) is 0 Å². The van der Waals surface area contributed by atoms with Gasteiger partial charge in [0, 0.05) is 23.2 Å². The summed E-state index contributed by atoms with van der Waals surface area (Å²) in [5.41, 5.74) is 1.15. The Morgan fingerprint density at radius 3 is 2.79 bits per heavy atom. The quantitative estimate of drug-likeness (QED) is 0.885. The molecule has 0 saturated heterocycles. The van der Waals surface area contributed by atoms with E-state index in [4.69, 9.17) is 4.52 Å². The van der Waals surface area contributed by atoms with E-state index in [-0.39, 0.29) is 17.4 Å². The van der Waals surface area contributed by atoms with Gasteiger partial charge in [0.05, 0.1) is 6.20 Å². The van der Waals surface area contributed by atoms with Gasteiger partial charge in [-0.25, -0.2) is 0 Å². The summed E-state index contributed by atoms with van der Waals surface area (Å²) in [5, 5.41) is 6.36. The molecule has 0 aromatic carbocycles. The van der Waals surface area contributed by atoms with Gasteiger partial charge in [-0.2, -0.15) is 0 Å². The summed E-state index contributed by atoms with van der Waals surface area (Å²) in [6.45, 7) is 5.60. The smallest absolute Gasteiger partial charge is 0.256 e. The molecule has 0 bridgehead atoms. The highest BCUT2D eigenvalue weighted by Crippen LogP contribution is 2.23. The Morgan fingerprint density at radius 2 is 2.16 bits per heavy atom. The third kappa shape index (κ3) is 2.90. The Bertz CT molecular complexity index is 655. The molecular formula is C13H15N3O3. The highest BCUT2D eigenvalue weighted by Gasteiger charge is 2.15. The van der Waals surface area contributed by atoms with Crippen LogP contribution < -0.4 is 10.9 Å². The number of hydrogen-bond acceptors (Lipinski definition) is 4. The van der Waals surface area contributed by atoms with E-state index in [2.05, 4.69) is 15.5 Å². The van der Waals surface area contributed by atoms with Crippen LogP contribution in [0, 0.1) is 6.92 Å². The van der Waals surface area contributed by atoms with Gasteiger partial charge in [0.1, 0.15) is 5.69 Å². The molecule has 0 unspecified atom stereocenters. The van der Waals surface area contributed by atoms with Gasteiger partial charge in [-0.05, 0) is 13.0 Å². The molecule has 2 rings (SSSR count). The summed E-state index contributed by atoms with van der Waals surface area (Å²) in [7, 11) is 0. The molecular weight excluding hydrogens is 246 g/mol. The van der Waals surface area contributed by atoms with Crippen LogP contribution in [0.3, 0.4) is 0 Å². The first-order valence-electron chi connectivity index (χ1n) is 5.94. The minimum atomic E-state index is -0.362. The van der Waals surface area contributed by atoms with E-state index in [1.165, 1.54) is 12.3 Å². The molecule has 2 N–H and O–H groups in total. The van der Waals surface area contributed by atoms with E-state index in [1.807, 2.05) is 13.8 Å². The van der Waals surface area contributed by atoms with Gasteiger partial charge >= 0.3 is 0 Å². The van der Waals surface area contributed by atoms with Crippen molar-refractivity contribution < 1.29 is 9.32 Å². The van der Waals surface area contributed by atoms with E-state index < -0.39 is 0 Å². The maximum absolute atomic E-state index is 12.1. The second-order valence-corrected chi connectivity index (χ2v) is 4.63. The van der Waals surface area contributed by atoms with E-state index in [0.717, 1.165) is 0 Å². The van der Waals surface area contributed by atoms with Crippen molar-refractivity contribution in [1.29, 1.82) is 0 Å². The second-order valence-electron chi connectivity index (χ2n) is 4.63. The van der Waals surface area contributed by atoms with Gasteiger partial charge in [0.15, 0.2) is 5.76 Å². The zero-order valence-corrected chi connectivity index (χ0v) is 11.0. The molecule has 6 heteroatoms. The lowest BCUT2D eigenvalue weighted by molar-refractivity contribution is 0.102. The standard InChI is InChI=1S/C13H15N3O3/c1-7(2)12-10(6-14-19-12)16-13(18)9-4-8(3)15-11(17)5-9/h4-7H,1-3H3,(H,15,17)(H,16,18). The lowest BCUT2D eigenvalue weighted by Gasteiger charge is -2.06. The molecule has 2 aromatic rings. The number of carbonyl (C=O) groups excluding carboxylic acids is 1. The van der Waals surface area contributed by atoms with E-state index >= 15 is 0 Å². The van der Waals surface area contributed by atoms with Crippen LogP contribution in [0.4, 0.5) is 5.69 Å². The van der Waals surface area contributed by atoms with Gasteiger partial charge in [-0.1, -0.05) is 19.0 Å². The van der Waals surface area contributed by atoms with E-state index in [9.17, 15) is 9.59 Å². The predicted octanol–water partition coefficient (Wildman–Crippen LogP) is 2.05. The molecule has 19 heavy (non-hydrogen) atoms. The molecule has 0 saturated carbocycles. The topological polar surface area (TPSA) is 88.0 Å². The normalized spacial score (nSPS) is 10.7. The SMILES string of the molecule is Cc1cc(C(=O)Nc2cnoc2C(C)C)cc(=O)[nH]1. The first-order valence-corrected chi connectivity index (χ1v) is 5.94. The van der Waals surface area contributed by atoms with Crippen molar-refractivity contribution in [3.63, 3.8) is 0 Å². The fourth-order valence-corrected chi connectivity index (χ4v) is 1.77. The summed E-state index contributed by atoms with van der Waals surface area (Å²) in [5.74, 6) is 0.355. The molecule has 6 nitrogen and oxygen atoms in total. The highest BCUT2D eigenvalue weighted by molar-refractivity contribution is 6.04. The lowest BCUT2D eigenvalue weighted by atomic mass is 10.1. The number of amides is 1. The van der Waals surface area contributed by atoms with Crippen molar-refractivity contribution in [3.05, 3.63) is 45.7 Å². The van der Waals surface area contributed by atoms with Crippen molar-refractivity contribution in [1.82, 2.24) is 10.1 Å². The van der Waals surface area contributed by atoms with Gasteiger partial charge in [0.25, 0.3) is 5.91 Å². The average Bonchev–Trinajstić information content (AvgIpc) is 2.75. The Hall–Kier alpha value is -2.37. The molecule has 1 amide bonds. The maximum atomic E-state index is 12.1. The van der Waals surface area contributed by atoms with E-state index in [1.54, 1.807) is 13.0 Å². The largest absolute Gasteiger partial charge is 0.359 e. The number of nitrogens with one attached hydrogen (secondary N) is 2. The molecule has 2 heterocycles. The van der Waals surface area contributed by atoms with Crippen molar-refractivity contribution in [2.75, 3.05) is 5.32 Å². The highest BCUT2D eigenvalue weighted by atomic mass is 16.5. The molecule has 0 aliphatic rings. The van der Waals surface area contributed by atoms with Crippen LogP contribution in [-0.2, 0) is 0 Å². The molecule has 100 valence electrons. The number of aromatic nitrogens is 2. The fraction of sp³-hybridized carbons (Fsp3) is 0.308. The Kier molecular flexibility index (Phi) is 3.50. The Labute approximate surface area is 109 Å². The number of H-pyrrole nitrogens is 1. The summed E-state index contributed by atoms with van der Waals surface area (Å²) in [4.78, 5) is 26.0. The first kappa shape index (κ1) is 13.1. The summed E-state index contributed by atoms with van der Waals surface area (Å²) in [6.07, 6.45) is 1.45. The van der Waals surface area contributed by atoms with Crippen LogP contribution in [0.1, 0.15) is 41.6 Å². The summed E-state index contributed by atoms with van der Waals surface area (Å²) in [6, 6.07) is 2.87. The molecule has 0 aliphatic carbocycles. The molecule has 0 spiro atoms. The van der Waals surface area contributed by atoms with Crippen LogP contribution in [-0.4, -0.2) is 16.0 Å². The van der Waals surface area contributed by atoms with Crippen molar-refractivity contribution in [2.24, 2.45) is 0 Å². The minimum absolute atomic E-state index is 0.110. The van der Waals surface area contributed by atoms with Crippen LogP contribution >= 0.6 is 0 Å². The summed E-state index contributed by atoms with van der Waals surface area (Å²) < 4.78 is 5.08. The van der Waals surface area contributed by atoms with E-state index in [0.29, 0.717) is 22.7 Å². The third-order valence-electron chi connectivity index (χ3n) is 2.61. The van der Waals surface area contributed by atoms with Gasteiger partial charge in [0.2, 0.25) is 5.56 Å². The maximum Gasteiger partial charge on any atom is 0.256 e. The number of pyridine rings is 1. The minimum Gasteiger partial charge on any atom is -0.359 e. The molecule has 0 fully saturated rings. The molecule has 0 atom stereocenters. The zero-order valence-electron chi connectivity index (χ0n) is 11.0. The van der Waals surface area contributed by atoms with Crippen molar-refractivity contribution in [2.45, 2.75) is 26.7 Å². The van der Waals surface area contributed by atoms with Crippen molar-refractivity contribution in [3.8, 4) is 0 Å². The number of nitrogens with zero attached hydrogens (tertiary/aromatic N) is 1. The zero-order chi connectivity index (χ0) is 14.0. The number of aromatic amines is 1. The second kappa shape index (κ2) is 5.09. The number of rotatable bonds is 3. The van der Waals surface area contributed by atoms with Crippen LogP contribution in [0.2, 0.25) is 0 Å². The van der Waals surface area contributed by atoms with Crippen LogP contribution in [0.5, 0.6) is 0 Å². The fourth-order valence-electron chi connectivity index (χ4n) is 1.77. The first-order chi connectivity index (χ1) is 8.97. The van der Waals surface area contributed by atoms with Crippen LogP contribution in [0.25, 0.3) is 0 Å². The monoisotopic (exact) mass is 261 g/mol. The number of aryl methyl sites for hydroxylation is 1.